The van der Waals surface area contributed by atoms with Crippen LogP contribution >= 0.6 is 0 Å². The molecule has 1 atom stereocenters. The van der Waals surface area contributed by atoms with Gasteiger partial charge in [0, 0.05) is 43.3 Å². The second-order valence-electron chi connectivity index (χ2n) is 11.2. The highest BCUT2D eigenvalue weighted by atomic mass is 32.2. The maximum absolute atomic E-state index is 13.8. The van der Waals surface area contributed by atoms with Gasteiger partial charge < -0.3 is 20.3 Å². The lowest BCUT2D eigenvalue weighted by Gasteiger charge is -2.37. The van der Waals surface area contributed by atoms with Crippen molar-refractivity contribution in [2.45, 2.75) is 62.8 Å². The SMILES string of the molecule is CNC(=O)Nc1ccc2c(c1)CC[C@@]21OC(=O)N(CC(=O)N(Cc2ccc(F)cc2)[C@H]2CC[C@H](NS(C)(=O)=O)CC2)C1=O. The predicted molar refractivity (Wildman–Crippen MR) is 154 cm³/mol. The molecule has 1 saturated carbocycles. The summed E-state index contributed by atoms with van der Waals surface area (Å²) in [5.41, 5.74) is 0.916. The highest BCUT2D eigenvalue weighted by molar-refractivity contribution is 7.88. The minimum atomic E-state index is -3.38. The van der Waals surface area contributed by atoms with Gasteiger partial charge in [0.1, 0.15) is 12.4 Å². The van der Waals surface area contributed by atoms with E-state index in [0.29, 0.717) is 48.9 Å². The van der Waals surface area contributed by atoms with E-state index in [9.17, 15) is 32.0 Å². The highest BCUT2D eigenvalue weighted by Gasteiger charge is 2.58. The van der Waals surface area contributed by atoms with E-state index in [1.807, 2.05) is 0 Å². The van der Waals surface area contributed by atoms with Gasteiger partial charge >= 0.3 is 12.1 Å². The zero-order valence-corrected chi connectivity index (χ0v) is 24.7. The van der Waals surface area contributed by atoms with Crippen LogP contribution in [0.5, 0.6) is 0 Å². The Labute approximate surface area is 249 Å². The van der Waals surface area contributed by atoms with Gasteiger partial charge in [0.15, 0.2) is 0 Å². The van der Waals surface area contributed by atoms with Crippen LogP contribution in [-0.2, 0) is 42.9 Å². The first-order chi connectivity index (χ1) is 20.4. The number of rotatable bonds is 8. The normalized spacial score (nSPS) is 23.2. The number of benzene rings is 2. The van der Waals surface area contributed by atoms with Crippen LogP contribution in [0.1, 0.15) is 48.8 Å². The van der Waals surface area contributed by atoms with E-state index < -0.39 is 51.9 Å². The van der Waals surface area contributed by atoms with Gasteiger partial charge in [-0.15, -0.1) is 0 Å². The maximum atomic E-state index is 13.8. The summed E-state index contributed by atoms with van der Waals surface area (Å²) in [7, 11) is -1.89. The lowest BCUT2D eigenvalue weighted by atomic mass is 9.90. The molecule has 1 aliphatic heterocycles. The number of ether oxygens (including phenoxy) is 1. The van der Waals surface area contributed by atoms with Crippen LogP contribution in [-0.4, -0.2) is 74.1 Å². The molecule has 3 N–H and O–H groups in total. The molecule has 1 heterocycles. The maximum Gasteiger partial charge on any atom is 0.418 e. The quantitative estimate of drug-likeness (QED) is 0.413. The molecule has 1 spiro atoms. The number of halogens is 1. The zero-order chi connectivity index (χ0) is 30.9. The van der Waals surface area contributed by atoms with Gasteiger partial charge in [0.2, 0.25) is 21.5 Å². The molecule has 5 rings (SSSR count). The Morgan fingerprint density at radius 1 is 1.09 bits per heavy atom. The summed E-state index contributed by atoms with van der Waals surface area (Å²) in [5.74, 6) is -1.52. The molecule has 3 aliphatic rings. The summed E-state index contributed by atoms with van der Waals surface area (Å²) in [6.45, 7) is -0.409. The molecular formula is C29H34FN5O7S. The van der Waals surface area contributed by atoms with Crippen molar-refractivity contribution in [2.24, 2.45) is 0 Å². The number of carbonyl (C=O) groups is 4. The molecule has 2 fully saturated rings. The molecule has 230 valence electrons. The van der Waals surface area contributed by atoms with Crippen LogP contribution in [0.25, 0.3) is 0 Å². The molecule has 2 aromatic rings. The molecule has 5 amide bonds. The monoisotopic (exact) mass is 615 g/mol. The summed E-state index contributed by atoms with van der Waals surface area (Å²) in [5, 5.41) is 5.15. The molecule has 2 aliphatic carbocycles. The fourth-order valence-corrected chi connectivity index (χ4v) is 7.01. The number of hydrogen-bond acceptors (Lipinski definition) is 7. The summed E-state index contributed by atoms with van der Waals surface area (Å²) in [4.78, 5) is 54.7. The number of aryl methyl sites for hydroxylation is 1. The minimum Gasteiger partial charge on any atom is -0.427 e. The number of amides is 5. The van der Waals surface area contributed by atoms with Crippen molar-refractivity contribution in [1.82, 2.24) is 19.8 Å². The molecule has 0 unspecified atom stereocenters. The van der Waals surface area contributed by atoms with E-state index in [4.69, 9.17) is 4.74 Å². The number of fused-ring (bicyclic) bond motifs is 2. The molecule has 0 aromatic heterocycles. The molecule has 0 bridgehead atoms. The molecule has 12 nitrogen and oxygen atoms in total. The van der Waals surface area contributed by atoms with Gasteiger partial charge in [0.25, 0.3) is 5.91 Å². The first-order valence-corrected chi connectivity index (χ1v) is 16.0. The fourth-order valence-electron chi connectivity index (χ4n) is 6.17. The van der Waals surface area contributed by atoms with Crippen molar-refractivity contribution in [3.8, 4) is 0 Å². The van der Waals surface area contributed by atoms with Crippen molar-refractivity contribution in [1.29, 1.82) is 0 Å². The van der Waals surface area contributed by atoms with Crippen LogP contribution in [0.15, 0.2) is 42.5 Å². The second kappa shape index (κ2) is 11.9. The average Bonchev–Trinajstić information content (AvgIpc) is 3.44. The van der Waals surface area contributed by atoms with Crippen LogP contribution in [0, 0.1) is 5.82 Å². The Bertz CT molecular complexity index is 1540. The fraction of sp³-hybridized carbons (Fsp3) is 0.448. The Hall–Kier alpha value is -4.04. The van der Waals surface area contributed by atoms with Crippen LogP contribution in [0.4, 0.5) is 19.7 Å². The van der Waals surface area contributed by atoms with E-state index in [1.165, 1.54) is 19.2 Å². The summed E-state index contributed by atoms with van der Waals surface area (Å²) >= 11 is 0. The number of nitrogens with zero attached hydrogens (tertiary/aromatic N) is 2. The van der Waals surface area contributed by atoms with Crippen molar-refractivity contribution >= 4 is 39.6 Å². The lowest BCUT2D eigenvalue weighted by molar-refractivity contribution is -0.143. The largest absolute Gasteiger partial charge is 0.427 e. The first-order valence-electron chi connectivity index (χ1n) is 14.1. The van der Waals surface area contributed by atoms with Gasteiger partial charge in [-0.3, -0.25) is 9.59 Å². The van der Waals surface area contributed by atoms with Gasteiger partial charge in [0.05, 0.1) is 6.26 Å². The van der Waals surface area contributed by atoms with Crippen LogP contribution in [0.2, 0.25) is 0 Å². The summed E-state index contributed by atoms with van der Waals surface area (Å²) < 4.78 is 45.2. The molecule has 0 radical (unpaired) electrons. The third-order valence-corrected chi connectivity index (χ3v) is 9.00. The standard InChI is InChI=1S/C29H34FN5O7S/c1-31-27(38)32-22-9-12-24-19(15-22)13-14-29(24)26(37)35(28(39)42-29)17-25(36)34(16-18-3-5-20(30)6-4-18)23-10-7-21(8-11-23)33-43(2,40)41/h3-6,9,12,15,21,23,33H,7-8,10-11,13-14,16-17H2,1-2H3,(H2,31,32,38)/t21-,23-,29-/m1/s1. The lowest BCUT2D eigenvalue weighted by Crippen LogP contribution is -2.50. The number of urea groups is 1. The average molecular weight is 616 g/mol. The van der Waals surface area contributed by atoms with E-state index in [1.54, 1.807) is 35.2 Å². The molecule has 1 saturated heterocycles. The van der Waals surface area contributed by atoms with Crippen molar-refractivity contribution in [3.05, 3.63) is 65.0 Å². The molecular weight excluding hydrogens is 581 g/mol. The first kappa shape index (κ1) is 30.4. The van der Waals surface area contributed by atoms with E-state index >= 15 is 0 Å². The van der Waals surface area contributed by atoms with E-state index in [-0.39, 0.29) is 25.0 Å². The second-order valence-corrected chi connectivity index (χ2v) is 13.0. The van der Waals surface area contributed by atoms with Crippen LogP contribution < -0.4 is 15.4 Å². The topological polar surface area (TPSA) is 154 Å². The van der Waals surface area contributed by atoms with Gasteiger partial charge in [-0.1, -0.05) is 18.2 Å². The smallest absolute Gasteiger partial charge is 0.418 e. The summed E-state index contributed by atoms with van der Waals surface area (Å²) in [6, 6.07) is 9.79. The van der Waals surface area contributed by atoms with Gasteiger partial charge in [-0.05, 0) is 67.5 Å². The van der Waals surface area contributed by atoms with E-state index in [0.717, 1.165) is 16.7 Å². The molecule has 2 aromatic carbocycles. The van der Waals surface area contributed by atoms with E-state index in [2.05, 4.69) is 15.4 Å². The predicted octanol–water partition coefficient (Wildman–Crippen LogP) is 2.59. The summed E-state index contributed by atoms with van der Waals surface area (Å²) in [6.07, 6.45) is 2.84. The van der Waals surface area contributed by atoms with Gasteiger partial charge in [-0.25, -0.2) is 32.0 Å². The Morgan fingerprint density at radius 2 is 1.79 bits per heavy atom. The Morgan fingerprint density at radius 3 is 2.44 bits per heavy atom. The number of hydrogen-bond donors (Lipinski definition) is 3. The molecule has 14 heteroatoms. The number of nitrogens with one attached hydrogen (secondary N) is 3. The zero-order valence-electron chi connectivity index (χ0n) is 23.9. The number of sulfonamides is 1. The number of anilines is 1. The minimum absolute atomic E-state index is 0.125. The van der Waals surface area contributed by atoms with Crippen LogP contribution in [0.3, 0.4) is 0 Å². The Kier molecular flexibility index (Phi) is 8.43. The van der Waals surface area contributed by atoms with Gasteiger partial charge in [-0.2, -0.15) is 0 Å². The number of carbonyl (C=O) groups excluding carboxylic acids is 4. The van der Waals surface area contributed by atoms with Crippen molar-refractivity contribution < 1.29 is 36.7 Å². The third kappa shape index (κ3) is 6.49. The Balaban J connectivity index is 1.33. The highest BCUT2D eigenvalue weighted by Crippen LogP contribution is 2.46. The molecule has 43 heavy (non-hydrogen) atoms. The number of imide groups is 1. The van der Waals surface area contributed by atoms with Crippen molar-refractivity contribution in [3.63, 3.8) is 0 Å². The van der Waals surface area contributed by atoms with Crippen molar-refractivity contribution in [2.75, 3.05) is 25.2 Å². The third-order valence-electron chi connectivity index (χ3n) is 8.24.